The summed E-state index contributed by atoms with van der Waals surface area (Å²) in [5.74, 6) is 0.587. The van der Waals surface area contributed by atoms with Crippen LogP contribution in [0.1, 0.15) is 34.6 Å². The third-order valence-electron chi connectivity index (χ3n) is 6.31. The zero-order valence-corrected chi connectivity index (χ0v) is 16.9. The number of nitrogens with two attached hydrogens (primary N) is 1. The molecule has 2 N–H and O–H groups in total. The van der Waals surface area contributed by atoms with Crippen molar-refractivity contribution < 1.29 is 4.79 Å². The summed E-state index contributed by atoms with van der Waals surface area (Å²) in [6.45, 7) is 0. The predicted octanol–water partition coefficient (Wildman–Crippen LogP) is 5.54. The van der Waals surface area contributed by atoms with Gasteiger partial charge in [0.25, 0.3) is 0 Å². The zero-order chi connectivity index (χ0) is 20.6. The SMILES string of the molecule is N[C@]1(c2ccccc2)C[C@H]1c1ccc(CC(=O)Cc2ccc3ccccc3c2)cc1. The van der Waals surface area contributed by atoms with Crippen molar-refractivity contribution in [3.8, 4) is 0 Å². The van der Waals surface area contributed by atoms with Gasteiger partial charge in [-0.05, 0) is 39.4 Å². The van der Waals surface area contributed by atoms with Crippen molar-refractivity contribution in [1.82, 2.24) is 0 Å². The molecule has 1 aliphatic carbocycles. The molecule has 0 aromatic heterocycles. The van der Waals surface area contributed by atoms with Gasteiger partial charge in [0.15, 0.2) is 0 Å². The first kappa shape index (κ1) is 18.8. The molecule has 30 heavy (non-hydrogen) atoms. The summed E-state index contributed by atoms with van der Waals surface area (Å²) in [7, 11) is 0. The Balaban J connectivity index is 1.23. The van der Waals surface area contributed by atoms with Crippen LogP contribution in [0, 0.1) is 0 Å². The quantitative estimate of drug-likeness (QED) is 0.469. The minimum Gasteiger partial charge on any atom is -0.321 e. The second-order valence-electron chi connectivity index (χ2n) is 8.48. The first-order chi connectivity index (χ1) is 14.6. The summed E-state index contributed by atoms with van der Waals surface area (Å²) in [6, 6.07) is 33.3. The molecule has 4 aromatic carbocycles. The molecular formula is C28H25NO. The molecule has 0 amide bonds. The van der Waals surface area contributed by atoms with Gasteiger partial charge in [-0.25, -0.2) is 0 Å². The van der Waals surface area contributed by atoms with E-state index < -0.39 is 0 Å². The van der Waals surface area contributed by atoms with Crippen LogP contribution in [-0.4, -0.2) is 5.78 Å². The molecule has 1 saturated carbocycles. The number of fused-ring (bicyclic) bond motifs is 1. The van der Waals surface area contributed by atoms with E-state index >= 15 is 0 Å². The lowest BCUT2D eigenvalue weighted by Crippen LogP contribution is -2.21. The van der Waals surface area contributed by atoms with Gasteiger partial charge in [0.05, 0.1) is 0 Å². The van der Waals surface area contributed by atoms with Crippen LogP contribution >= 0.6 is 0 Å². The number of Topliss-reactive ketones (excluding diaryl/α,β-unsaturated/α-hetero) is 1. The molecule has 0 spiro atoms. The number of benzene rings is 4. The van der Waals surface area contributed by atoms with Crippen LogP contribution in [0.4, 0.5) is 0 Å². The minimum atomic E-state index is -0.255. The Morgan fingerprint density at radius 1 is 0.767 bits per heavy atom. The Morgan fingerprint density at radius 3 is 2.17 bits per heavy atom. The van der Waals surface area contributed by atoms with Gasteiger partial charge in [-0.2, -0.15) is 0 Å². The number of hydrogen-bond donors (Lipinski definition) is 1. The fourth-order valence-corrected chi connectivity index (χ4v) is 4.50. The van der Waals surface area contributed by atoms with Crippen LogP contribution in [0.25, 0.3) is 10.8 Å². The minimum absolute atomic E-state index is 0.238. The lowest BCUT2D eigenvalue weighted by Gasteiger charge is -2.12. The summed E-state index contributed by atoms with van der Waals surface area (Å²) < 4.78 is 0. The highest BCUT2D eigenvalue weighted by atomic mass is 16.1. The molecule has 0 saturated heterocycles. The highest BCUT2D eigenvalue weighted by Crippen LogP contribution is 2.56. The van der Waals surface area contributed by atoms with Gasteiger partial charge in [-0.1, -0.05) is 97.1 Å². The largest absolute Gasteiger partial charge is 0.321 e. The van der Waals surface area contributed by atoms with Crippen molar-refractivity contribution in [2.45, 2.75) is 30.7 Å². The van der Waals surface area contributed by atoms with Crippen molar-refractivity contribution in [2.75, 3.05) is 0 Å². The molecule has 1 aliphatic rings. The van der Waals surface area contributed by atoms with Crippen molar-refractivity contribution in [2.24, 2.45) is 5.73 Å². The van der Waals surface area contributed by atoms with Crippen molar-refractivity contribution in [3.63, 3.8) is 0 Å². The molecule has 0 aliphatic heterocycles. The number of hydrogen-bond acceptors (Lipinski definition) is 2. The van der Waals surface area contributed by atoms with Gasteiger partial charge in [-0.15, -0.1) is 0 Å². The van der Waals surface area contributed by atoms with Crippen molar-refractivity contribution in [1.29, 1.82) is 0 Å². The first-order valence-corrected chi connectivity index (χ1v) is 10.5. The standard InChI is InChI=1S/C28H25NO/c29-28(25-8-2-1-3-9-25)19-27(28)23-14-10-20(11-15-23)17-26(30)18-21-12-13-22-6-4-5-7-24(22)16-21/h1-16,27H,17-19,29H2/t27-,28-/m0/s1. The van der Waals surface area contributed by atoms with E-state index in [-0.39, 0.29) is 11.3 Å². The van der Waals surface area contributed by atoms with Gasteiger partial charge in [-0.3, -0.25) is 4.79 Å². The van der Waals surface area contributed by atoms with Crippen LogP contribution in [0.5, 0.6) is 0 Å². The molecule has 0 bridgehead atoms. The maximum Gasteiger partial charge on any atom is 0.141 e. The lowest BCUT2D eigenvalue weighted by atomic mass is 9.97. The molecule has 2 nitrogen and oxygen atoms in total. The van der Waals surface area contributed by atoms with Gasteiger partial charge in [0.1, 0.15) is 5.78 Å². The van der Waals surface area contributed by atoms with Gasteiger partial charge in [0, 0.05) is 24.3 Å². The van der Waals surface area contributed by atoms with Crippen LogP contribution in [-0.2, 0) is 23.2 Å². The molecule has 0 heterocycles. The average molecular weight is 392 g/mol. The summed E-state index contributed by atoms with van der Waals surface area (Å²) in [6.07, 6.45) is 1.90. The van der Waals surface area contributed by atoms with E-state index in [1.807, 2.05) is 30.3 Å². The normalized spacial score (nSPS) is 20.2. The Bertz CT molecular complexity index is 1200. The molecule has 0 unspecified atom stereocenters. The van der Waals surface area contributed by atoms with E-state index in [1.165, 1.54) is 21.9 Å². The maximum atomic E-state index is 12.6. The summed E-state index contributed by atoms with van der Waals surface area (Å²) in [5.41, 5.74) is 11.0. The number of carbonyl (C=O) groups excluding carboxylic acids is 1. The van der Waals surface area contributed by atoms with Crippen molar-refractivity contribution in [3.05, 3.63) is 119 Å². The van der Waals surface area contributed by atoms with E-state index in [4.69, 9.17) is 5.73 Å². The van der Waals surface area contributed by atoms with E-state index in [0.717, 1.165) is 17.5 Å². The number of ketones is 1. The fraction of sp³-hybridized carbons (Fsp3) is 0.179. The van der Waals surface area contributed by atoms with Crippen LogP contribution in [0.3, 0.4) is 0 Å². The summed E-state index contributed by atoms with van der Waals surface area (Å²) in [5, 5.41) is 2.39. The second-order valence-corrected chi connectivity index (χ2v) is 8.48. The predicted molar refractivity (Wildman–Crippen MR) is 122 cm³/mol. The lowest BCUT2D eigenvalue weighted by molar-refractivity contribution is -0.117. The molecule has 5 rings (SSSR count). The van der Waals surface area contributed by atoms with Crippen LogP contribution < -0.4 is 5.73 Å². The smallest absolute Gasteiger partial charge is 0.141 e. The monoisotopic (exact) mass is 391 g/mol. The van der Waals surface area contributed by atoms with Gasteiger partial charge >= 0.3 is 0 Å². The summed E-state index contributed by atoms with van der Waals surface area (Å²) >= 11 is 0. The van der Waals surface area contributed by atoms with Crippen LogP contribution in [0.15, 0.2) is 97.1 Å². The van der Waals surface area contributed by atoms with E-state index in [1.54, 1.807) is 0 Å². The number of rotatable bonds is 6. The Morgan fingerprint density at radius 2 is 1.40 bits per heavy atom. The van der Waals surface area contributed by atoms with Crippen LogP contribution in [0.2, 0.25) is 0 Å². The highest BCUT2D eigenvalue weighted by molar-refractivity contribution is 5.87. The second kappa shape index (κ2) is 7.55. The Hall–Kier alpha value is -3.23. The summed E-state index contributed by atoms with van der Waals surface area (Å²) in [4.78, 5) is 12.6. The highest BCUT2D eigenvalue weighted by Gasteiger charge is 2.52. The molecule has 2 atom stereocenters. The topological polar surface area (TPSA) is 43.1 Å². The number of carbonyl (C=O) groups is 1. The zero-order valence-electron chi connectivity index (χ0n) is 16.9. The molecule has 2 heteroatoms. The third kappa shape index (κ3) is 3.67. The molecular weight excluding hydrogens is 366 g/mol. The van der Waals surface area contributed by atoms with Crippen molar-refractivity contribution >= 4 is 16.6 Å². The van der Waals surface area contributed by atoms with E-state index in [0.29, 0.717) is 18.8 Å². The Kier molecular flexibility index (Phi) is 4.72. The maximum absolute atomic E-state index is 12.6. The van der Waals surface area contributed by atoms with Gasteiger partial charge < -0.3 is 5.73 Å². The Labute approximate surface area is 177 Å². The fourth-order valence-electron chi connectivity index (χ4n) is 4.50. The molecule has 1 fully saturated rings. The van der Waals surface area contributed by atoms with E-state index in [2.05, 4.69) is 66.7 Å². The molecule has 148 valence electrons. The van der Waals surface area contributed by atoms with E-state index in [9.17, 15) is 4.79 Å². The average Bonchev–Trinajstić information content (AvgIpc) is 3.47. The molecule has 0 radical (unpaired) electrons. The third-order valence-corrected chi connectivity index (χ3v) is 6.31. The van der Waals surface area contributed by atoms with Gasteiger partial charge in [0.2, 0.25) is 0 Å². The first-order valence-electron chi connectivity index (χ1n) is 10.5. The molecule has 4 aromatic rings.